The molecule has 0 bridgehead atoms. The fraction of sp³-hybridized carbons (Fsp3) is 0.929. The molecule has 2 aliphatic carbocycles. The topological polar surface area (TPSA) is 29.6 Å². The van der Waals surface area contributed by atoms with Crippen molar-refractivity contribution in [2.24, 2.45) is 22.7 Å². The standard InChI is InChI=1S/C14H22O2/c1-8-12(2,3)10-6-9(15)7-11-14(10,16-11)13(8,4)5/h8,10-11H,6-7H2,1-5H3. The van der Waals surface area contributed by atoms with Crippen LogP contribution in [0.1, 0.15) is 47.5 Å². The molecule has 0 aromatic heterocycles. The lowest BCUT2D eigenvalue weighted by molar-refractivity contribution is -0.122. The van der Waals surface area contributed by atoms with E-state index in [1.807, 2.05) is 0 Å². The fourth-order valence-corrected chi connectivity index (χ4v) is 4.77. The molecule has 0 aromatic carbocycles. The second kappa shape index (κ2) is 2.55. The van der Waals surface area contributed by atoms with E-state index in [2.05, 4.69) is 34.6 Å². The molecule has 16 heavy (non-hydrogen) atoms. The van der Waals surface area contributed by atoms with Crippen molar-refractivity contribution in [3.05, 3.63) is 0 Å². The van der Waals surface area contributed by atoms with Crippen molar-refractivity contribution in [1.29, 1.82) is 0 Å². The molecule has 1 spiro atoms. The van der Waals surface area contributed by atoms with Crippen LogP contribution in [-0.4, -0.2) is 17.5 Å². The molecule has 0 N–H and O–H groups in total. The normalized spacial score (nSPS) is 52.1. The van der Waals surface area contributed by atoms with Crippen LogP contribution in [0, 0.1) is 22.7 Å². The van der Waals surface area contributed by atoms with Crippen LogP contribution in [0.2, 0.25) is 0 Å². The average Bonchev–Trinajstić information content (AvgIpc) is 2.87. The lowest BCUT2D eigenvalue weighted by Gasteiger charge is -2.33. The van der Waals surface area contributed by atoms with Gasteiger partial charge in [-0.05, 0) is 16.7 Å². The molecule has 3 fully saturated rings. The summed E-state index contributed by atoms with van der Waals surface area (Å²) >= 11 is 0. The number of carbonyl (C=O) groups excluding carboxylic acids is 1. The molecule has 0 amide bonds. The number of hydrogen-bond donors (Lipinski definition) is 0. The van der Waals surface area contributed by atoms with Crippen molar-refractivity contribution in [2.45, 2.75) is 59.2 Å². The summed E-state index contributed by atoms with van der Waals surface area (Å²) in [6, 6.07) is 0. The van der Waals surface area contributed by atoms with Crippen LogP contribution in [-0.2, 0) is 9.53 Å². The van der Waals surface area contributed by atoms with E-state index in [9.17, 15) is 4.79 Å². The number of epoxide rings is 1. The zero-order valence-corrected chi connectivity index (χ0v) is 11.0. The average molecular weight is 222 g/mol. The lowest BCUT2D eigenvalue weighted by Crippen LogP contribution is -2.41. The number of ether oxygens (including phenoxy) is 1. The van der Waals surface area contributed by atoms with Crippen LogP contribution in [0.5, 0.6) is 0 Å². The third kappa shape index (κ3) is 0.883. The number of Topliss-reactive ketones (excluding diaryl/α,β-unsaturated/α-hetero) is 1. The van der Waals surface area contributed by atoms with E-state index in [1.165, 1.54) is 0 Å². The monoisotopic (exact) mass is 222 g/mol. The molecule has 2 heteroatoms. The minimum Gasteiger partial charge on any atom is -0.365 e. The SMILES string of the molecule is CC1C(C)(C)C2CC(=O)CC3OC32C1(C)C. The molecule has 1 heterocycles. The van der Waals surface area contributed by atoms with Gasteiger partial charge in [-0.15, -0.1) is 0 Å². The minimum atomic E-state index is 0.0177. The largest absolute Gasteiger partial charge is 0.365 e. The van der Waals surface area contributed by atoms with Crippen LogP contribution in [0.15, 0.2) is 0 Å². The zero-order valence-electron chi connectivity index (χ0n) is 11.0. The second-order valence-corrected chi connectivity index (χ2v) is 7.16. The predicted octanol–water partition coefficient (Wildman–Crippen LogP) is 2.81. The molecular weight excluding hydrogens is 200 g/mol. The highest BCUT2D eigenvalue weighted by atomic mass is 16.6. The summed E-state index contributed by atoms with van der Waals surface area (Å²) in [5.74, 6) is 1.43. The van der Waals surface area contributed by atoms with Gasteiger partial charge in [-0.1, -0.05) is 34.6 Å². The highest BCUT2D eigenvalue weighted by Crippen LogP contribution is 2.74. The Morgan fingerprint density at radius 3 is 2.44 bits per heavy atom. The van der Waals surface area contributed by atoms with Gasteiger partial charge in [-0.25, -0.2) is 0 Å². The van der Waals surface area contributed by atoms with Crippen molar-refractivity contribution in [1.82, 2.24) is 0 Å². The van der Waals surface area contributed by atoms with Crippen LogP contribution in [0.25, 0.3) is 0 Å². The molecule has 2 saturated carbocycles. The van der Waals surface area contributed by atoms with E-state index in [1.54, 1.807) is 0 Å². The maximum atomic E-state index is 11.8. The van der Waals surface area contributed by atoms with Crippen LogP contribution in [0.4, 0.5) is 0 Å². The highest BCUT2D eigenvalue weighted by molar-refractivity contribution is 5.82. The van der Waals surface area contributed by atoms with Crippen molar-refractivity contribution in [2.75, 3.05) is 0 Å². The summed E-state index contributed by atoms with van der Waals surface area (Å²) in [6.45, 7) is 11.6. The summed E-state index contributed by atoms with van der Waals surface area (Å²) in [4.78, 5) is 11.8. The van der Waals surface area contributed by atoms with Gasteiger partial charge >= 0.3 is 0 Å². The molecule has 3 aliphatic rings. The molecule has 0 aromatic rings. The van der Waals surface area contributed by atoms with Gasteiger partial charge in [0.1, 0.15) is 11.4 Å². The molecule has 4 atom stereocenters. The van der Waals surface area contributed by atoms with Gasteiger partial charge in [0, 0.05) is 18.8 Å². The second-order valence-electron chi connectivity index (χ2n) is 7.16. The van der Waals surface area contributed by atoms with Gasteiger partial charge < -0.3 is 4.74 Å². The fourth-order valence-electron chi connectivity index (χ4n) is 4.77. The van der Waals surface area contributed by atoms with Gasteiger partial charge in [0.15, 0.2) is 0 Å². The van der Waals surface area contributed by atoms with Crippen molar-refractivity contribution in [3.63, 3.8) is 0 Å². The van der Waals surface area contributed by atoms with E-state index < -0.39 is 0 Å². The minimum absolute atomic E-state index is 0.0177. The molecule has 1 saturated heterocycles. The summed E-state index contributed by atoms with van der Waals surface area (Å²) in [5.41, 5.74) is 0.435. The van der Waals surface area contributed by atoms with Crippen LogP contribution < -0.4 is 0 Å². The summed E-state index contributed by atoms with van der Waals surface area (Å²) in [6.07, 6.45) is 1.61. The van der Waals surface area contributed by atoms with E-state index in [-0.39, 0.29) is 22.5 Å². The summed E-state index contributed by atoms with van der Waals surface area (Å²) in [7, 11) is 0. The number of hydrogen-bond acceptors (Lipinski definition) is 2. The first kappa shape index (κ1) is 10.8. The Morgan fingerprint density at radius 1 is 1.19 bits per heavy atom. The lowest BCUT2D eigenvalue weighted by atomic mass is 9.68. The predicted molar refractivity (Wildman–Crippen MR) is 62.1 cm³/mol. The molecular formula is C14H22O2. The Kier molecular flexibility index (Phi) is 1.72. The van der Waals surface area contributed by atoms with E-state index in [0.29, 0.717) is 24.0 Å². The Morgan fingerprint density at radius 2 is 1.81 bits per heavy atom. The summed E-state index contributed by atoms with van der Waals surface area (Å²) in [5, 5.41) is 0. The van der Waals surface area contributed by atoms with Crippen molar-refractivity contribution < 1.29 is 9.53 Å². The first-order valence-electron chi connectivity index (χ1n) is 6.44. The third-order valence-corrected chi connectivity index (χ3v) is 6.22. The van der Waals surface area contributed by atoms with Crippen LogP contribution in [0.3, 0.4) is 0 Å². The van der Waals surface area contributed by atoms with Crippen LogP contribution >= 0.6 is 0 Å². The maximum Gasteiger partial charge on any atom is 0.136 e. The smallest absolute Gasteiger partial charge is 0.136 e. The molecule has 1 aliphatic heterocycles. The Balaban J connectivity index is 2.11. The molecule has 90 valence electrons. The Hall–Kier alpha value is -0.370. The van der Waals surface area contributed by atoms with Gasteiger partial charge in [0.05, 0.1) is 6.10 Å². The first-order valence-corrected chi connectivity index (χ1v) is 6.44. The first-order chi connectivity index (χ1) is 7.24. The molecule has 2 nitrogen and oxygen atoms in total. The zero-order chi connectivity index (χ0) is 11.9. The highest BCUT2D eigenvalue weighted by Gasteiger charge is 2.80. The van der Waals surface area contributed by atoms with Crippen molar-refractivity contribution >= 4 is 5.78 Å². The molecule has 3 rings (SSSR count). The third-order valence-electron chi connectivity index (χ3n) is 6.22. The number of ketones is 1. The van der Waals surface area contributed by atoms with Gasteiger partial charge in [0.2, 0.25) is 0 Å². The van der Waals surface area contributed by atoms with Gasteiger partial charge in [-0.3, -0.25) is 4.79 Å². The van der Waals surface area contributed by atoms with Gasteiger partial charge in [0.25, 0.3) is 0 Å². The molecule has 0 radical (unpaired) electrons. The number of carbonyl (C=O) groups is 1. The summed E-state index contributed by atoms with van der Waals surface area (Å²) < 4.78 is 6.06. The van der Waals surface area contributed by atoms with Gasteiger partial charge in [-0.2, -0.15) is 0 Å². The quantitative estimate of drug-likeness (QED) is 0.590. The van der Waals surface area contributed by atoms with E-state index in [4.69, 9.17) is 4.74 Å². The Labute approximate surface area is 97.7 Å². The molecule has 4 unspecified atom stereocenters. The Bertz CT molecular complexity index is 369. The van der Waals surface area contributed by atoms with Crippen molar-refractivity contribution in [3.8, 4) is 0 Å². The van der Waals surface area contributed by atoms with E-state index >= 15 is 0 Å². The maximum absolute atomic E-state index is 11.8. The number of rotatable bonds is 0. The van der Waals surface area contributed by atoms with E-state index in [0.717, 1.165) is 6.42 Å².